The van der Waals surface area contributed by atoms with Crippen molar-refractivity contribution < 1.29 is 0 Å². The van der Waals surface area contributed by atoms with E-state index in [1.807, 2.05) is 6.20 Å². The van der Waals surface area contributed by atoms with Crippen LogP contribution in [0.15, 0.2) is 18.3 Å². The molecule has 1 aliphatic carbocycles. The second kappa shape index (κ2) is 7.04. The Morgan fingerprint density at radius 1 is 1.42 bits per heavy atom. The summed E-state index contributed by atoms with van der Waals surface area (Å²) in [6, 6.07) is 4.97. The van der Waals surface area contributed by atoms with E-state index >= 15 is 0 Å². The predicted molar refractivity (Wildman–Crippen MR) is 81.1 cm³/mol. The van der Waals surface area contributed by atoms with Crippen LogP contribution in [0.2, 0.25) is 0 Å². The molecular formula is C17H28N2. The van der Waals surface area contributed by atoms with E-state index in [0.29, 0.717) is 6.04 Å². The van der Waals surface area contributed by atoms with Crippen molar-refractivity contribution in [2.45, 2.75) is 58.9 Å². The molecule has 1 saturated carbocycles. The minimum absolute atomic E-state index is 0.518. The van der Waals surface area contributed by atoms with Crippen molar-refractivity contribution >= 4 is 0 Å². The maximum Gasteiger partial charge on any atom is 0.0375 e. The highest BCUT2D eigenvalue weighted by molar-refractivity contribution is 5.20. The van der Waals surface area contributed by atoms with Crippen molar-refractivity contribution in [2.24, 2.45) is 11.8 Å². The maximum atomic E-state index is 4.33. The third kappa shape index (κ3) is 4.04. The van der Waals surface area contributed by atoms with Gasteiger partial charge in [0.25, 0.3) is 0 Å². The monoisotopic (exact) mass is 260 g/mol. The summed E-state index contributed by atoms with van der Waals surface area (Å²) in [5.74, 6) is 1.67. The third-order valence-corrected chi connectivity index (χ3v) is 4.34. The Bertz CT molecular complexity index is 389. The van der Waals surface area contributed by atoms with Crippen LogP contribution in [0.5, 0.6) is 0 Å². The zero-order valence-corrected chi connectivity index (χ0v) is 12.7. The van der Waals surface area contributed by atoms with Gasteiger partial charge in [-0.25, -0.2) is 0 Å². The molecule has 1 fully saturated rings. The molecule has 106 valence electrons. The molecule has 1 aliphatic rings. The number of hydrogen-bond acceptors (Lipinski definition) is 2. The highest BCUT2D eigenvalue weighted by atomic mass is 14.9. The van der Waals surface area contributed by atoms with Gasteiger partial charge >= 0.3 is 0 Å². The Balaban J connectivity index is 2.14. The molecule has 0 spiro atoms. The number of rotatable bonds is 5. The summed E-state index contributed by atoms with van der Waals surface area (Å²) in [4.78, 5) is 4.33. The molecule has 0 radical (unpaired) electrons. The molecule has 0 saturated heterocycles. The fourth-order valence-corrected chi connectivity index (χ4v) is 3.40. The van der Waals surface area contributed by atoms with E-state index in [-0.39, 0.29) is 0 Å². The maximum absolute atomic E-state index is 4.33. The summed E-state index contributed by atoms with van der Waals surface area (Å²) in [5.41, 5.74) is 2.56. The second-order valence-electron chi connectivity index (χ2n) is 6.19. The van der Waals surface area contributed by atoms with Crippen molar-refractivity contribution in [3.8, 4) is 0 Å². The second-order valence-corrected chi connectivity index (χ2v) is 6.19. The van der Waals surface area contributed by atoms with E-state index in [1.165, 1.54) is 37.7 Å². The first-order valence-electron chi connectivity index (χ1n) is 7.86. The molecule has 1 N–H and O–H groups in total. The van der Waals surface area contributed by atoms with E-state index in [1.54, 1.807) is 0 Å². The Hall–Kier alpha value is -0.890. The largest absolute Gasteiger partial charge is 0.310 e. The summed E-state index contributed by atoms with van der Waals surface area (Å²) < 4.78 is 0. The molecule has 2 nitrogen and oxygen atoms in total. The van der Waals surface area contributed by atoms with E-state index in [0.717, 1.165) is 24.1 Å². The fraction of sp³-hybridized carbons (Fsp3) is 0.706. The van der Waals surface area contributed by atoms with Gasteiger partial charge < -0.3 is 5.32 Å². The van der Waals surface area contributed by atoms with Crippen LogP contribution < -0.4 is 5.32 Å². The number of pyridine rings is 1. The van der Waals surface area contributed by atoms with Gasteiger partial charge in [0.2, 0.25) is 0 Å². The quantitative estimate of drug-likeness (QED) is 0.855. The number of aryl methyl sites for hydroxylation is 1. The Kier molecular flexibility index (Phi) is 5.38. The topological polar surface area (TPSA) is 24.9 Å². The van der Waals surface area contributed by atoms with Crippen molar-refractivity contribution in [3.63, 3.8) is 0 Å². The van der Waals surface area contributed by atoms with Crippen LogP contribution in [0.25, 0.3) is 0 Å². The molecule has 0 bridgehead atoms. The van der Waals surface area contributed by atoms with Crippen LogP contribution in [0.3, 0.4) is 0 Å². The SMILES string of the molecule is CCCNC(c1ccnc(C)c1)C1CCCC(C)C1. The lowest BCUT2D eigenvalue weighted by Crippen LogP contribution is -2.32. The molecule has 1 aromatic heterocycles. The standard InChI is InChI=1S/C17H28N2/c1-4-9-19-17(15-7-5-6-13(2)11-15)16-8-10-18-14(3)12-16/h8,10,12-13,15,17,19H,4-7,9,11H2,1-3H3. The van der Waals surface area contributed by atoms with Gasteiger partial charge in [0, 0.05) is 17.9 Å². The van der Waals surface area contributed by atoms with E-state index in [4.69, 9.17) is 0 Å². The van der Waals surface area contributed by atoms with Gasteiger partial charge in [0.05, 0.1) is 0 Å². The highest BCUT2D eigenvalue weighted by Crippen LogP contribution is 2.37. The van der Waals surface area contributed by atoms with Crippen LogP contribution in [0, 0.1) is 18.8 Å². The van der Waals surface area contributed by atoms with Crippen molar-refractivity contribution in [1.82, 2.24) is 10.3 Å². The van der Waals surface area contributed by atoms with Crippen molar-refractivity contribution in [1.29, 1.82) is 0 Å². The van der Waals surface area contributed by atoms with Gasteiger partial charge in [-0.3, -0.25) is 4.98 Å². The van der Waals surface area contributed by atoms with Gasteiger partial charge in [-0.1, -0.05) is 26.7 Å². The average molecular weight is 260 g/mol. The normalized spacial score (nSPS) is 25.2. The molecule has 1 heterocycles. The summed E-state index contributed by atoms with van der Waals surface area (Å²) in [7, 11) is 0. The molecule has 2 heteroatoms. The first-order valence-corrected chi connectivity index (χ1v) is 7.86. The van der Waals surface area contributed by atoms with Crippen molar-refractivity contribution in [3.05, 3.63) is 29.6 Å². The zero-order valence-electron chi connectivity index (χ0n) is 12.7. The van der Waals surface area contributed by atoms with Crippen LogP contribution in [-0.4, -0.2) is 11.5 Å². The average Bonchev–Trinajstić information content (AvgIpc) is 2.39. The molecule has 19 heavy (non-hydrogen) atoms. The number of nitrogens with one attached hydrogen (secondary N) is 1. The van der Waals surface area contributed by atoms with Crippen molar-refractivity contribution in [2.75, 3.05) is 6.54 Å². The lowest BCUT2D eigenvalue weighted by atomic mass is 9.76. The number of nitrogens with zero attached hydrogens (tertiary/aromatic N) is 1. The lowest BCUT2D eigenvalue weighted by Gasteiger charge is -2.34. The number of aromatic nitrogens is 1. The first-order chi connectivity index (χ1) is 9.20. The summed E-state index contributed by atoms with van der Waals surface area (Å²) in [6.45, 7) is 7.84. The zero-order chi connectivity index (χ0) is 13.7. The highest BCUT2D eigenvalue weighted by Gasteiger charge is 2.27. The molecule has 1 aromatic rings. The van der Waals surface area contributed by atoms with Crippen LogP contribution in [-0.2, 0) is 0 Å². The smallest absolute Gasteiger partial charge is 0.0375 e. The Morgan fingerprint density at radius 3 is 2.95 bits per heavy atom. The summed E-state index contributed by atoms with van der Waals surface area (Å²) in [5, 5.41) is 3.78. The fourth-order valence-electron chi connectivity index (χ4n) is 3.40. The van der Waals surface area contributed by atoms with Gasteiger partial charge in [0.1, 0.15) is 0 Å². The van der Waals surface area contributed by atoms with Gasteiger partial charge in [-0.05, 0) is 62.3 Å². The molecular weight excluding hydrogens is 232 g/mol. The Labute approximate surface area is 118 Å². The van der Waals surface area contributed by atoms with E-state index < -0.39 is 0 Å². The molecule has 2 rings (SSSR count). The summed E-state index contributed by atoms with van der Waals surface area (Å²) in [6.07, 6.45) is 8.68. The molecule has 0 amide bonds. The Morgan fingerprint density at radius 2 is 2.26 bits per heavy atom. The number of hydrogen-bond donors (Lipinski definition) is 1. The molecule has 3 atom stereocenters. The van der Waals surface area contributed by atoms with E-state index in [2.05, 4.69) is 43.2 Å². The van der Waals surface area contributed by atoms with Crippen LogP contribution in [0.4, 0.5) is 0 Å². The van der Waals surface area contributed by atoms with Crippen LogP contribution in [0.1, 0.15) is 63.3 Å². The first kappa shape index (κ1) is 14.5. The van der Waals surface area contributed by atoms with Crippen LogP contribution >= 0.6 is 0 Å². The van der Waals surface area contributed by atoms with E-state index in [9.17, 15) is 0 Å². The minimum atomic E-state index is 0.518. The molecule has 0 aromatic carbocycles. The van der Waals surface area contributed by atoms with Gasteiger partial charge in [-0.2, -0.15) is 0 Å². The van der Waals surface area contributed by atoms with Gasteiger partial charge in [0.15, 0.2) is 0 Å². The minimum Gasteiger partial charge on any atom is -0.310 e. The lowest BCUT2D eigenvalue weighted by molar-refractivity contribution is 0.223. The third-order valence-electron chi connectivity index (χ3n) is 4.34. The predicted octanol–water partition coefficient (Wildman–Crippen LogP) is 4.26. The molecule has 3 unspecified atom stereocenters. The molecule has 0 aliphatic heterocycles. The van der Waals surface area contributed by atoms with Gasteiger partial charge in [-0.15, -0.1) is 0 Å². The summed E-state index contributed by atoms with van der Waals surface area (Å²) >= 11 is 0.